The Balaban J connectivity index is -0.000000320. The summed E-state index contributed by atoms with van der Waals surface area (Å²) in [5, 5.41) is 0.377. The first-order chi connectivity index (χ1) is 7.20. The predicted octanol–water partition coefficient (Wildman–Crippen LogP) is -0.517. The Morgan fingerprint density at radius 2 is 1.55 bits per heavy atom. The fourth-order valence-electron chi connectivity index (χ4n) is 2.66. The Morgan fingerprint density at radius 3 is 1.80 bits per heavy atom. The number of halogens is 2. The summed E-state index contributed by atoms with van der Waals surface area (Å²) in [5.74, 6) is 1.66. The SMILES string of the molecule is C[C-](C(C)(C)C)C(C)(C1=CC=CC1)[SiH](C)C.[Cl-].[Cl-].[Hf+4].[NH2-]. The predicted molar refractivity (Wildman–Crippen MR) is 82.7 cm³/mol. The van der Waals surface area contributed by atoms with Gasteiger partial charge in [0.05, 0.1) is 0 Å². The van der Waals surface area contributed by atoms with E-state index in [-0.39, 0.29) is 56.8 Å². The van der Waals surface area contributed by atoms with Crippen LogP contribution >= 0.6 is 0 Å². The van der Waals surface area contributed by atoms with Gasteiger partial charge < -0.3 is 36.9 Å². The largest absolute Gasteiger partial charge is 4.00 e. The van der Waals surface area contributed by atoms with Crippen molar-refractivity contribution < 1.29 is 50.7 Å². The third-order valence-corrected chi connectivity index (χ3v) is 7.61. The zero-order chi connectivity index (χ0) is 12.6. The second kappa shape index (κ2) is 10.8. The molecule has 0 bridgehead atoms. The first kappa shape index (κ1) is 29.2. The molecule has 0 aliphatic heterocycles. The third kappa shape index (κ3) is 6.08. The van der Waals surface area contributed by atoms with E-state index in [1.54, 1.807) is 11.5 Å². The zero-order valence-electron chi connectivity index (χ0n) is 13.8. The van der Waals surface area contributed by atoms with Crippen LogP contribution in [-0.4, -0.2) is 8.80 Å². The Hall–Kier alpha value is 1.11. The quantitative estimate of drug-likeness (QED) is 0.369. The summed E-state index contributed by atoms with van der Waals surface area (Å²) < 4.78 is 0. The van der Waals surface area contributed by atoms with Gasteiger partial charge in [0.15, 0.2) is 0 Å². The average molecular weight is 501 g/mol. The van der Waals surface area contributed by atoms with Crippen LogP contribution in [0, 0.1) is 11.3 Å². The molecule has 0 spiro atoms. The van der Waals surface area contributed by atoms with Gasteiger partial charge in [-0.2, -0.15) is 12.3 Å². The standard InChI is InChI=1S/C15H27Si.2ClH.Hf.H2N/c1-12(14(2,3)4)15(5,16(6)7)13-10-8-9-11-13;;;;/h8-10,16H,11H2,1-7H3;2*1H;;1H2/q-1;;;+4;-1/p-2. The van der Waals surface area contributed by atoms with Crippen molar-refractivity contribution in [3.8, 4) is 0 Å². The van der Waals surface area contributed by atoms with Crippen LogP contribution in [0.25, 0.3) is 6.15 Å². The Bertz CT molecular complexity index is 324. The molecule has 0 saturated carbocycles. The van der Waals surface area contributed by atoms with Crippen molar-refractivity contribution in [1.29, 1.82) is 0 Å². The topological polar surface area (TPSA) is 33.5 Å². The smallest absolute Gasteiger partial charge is 1.00 e. The summed E-state index contributed by atoms with van der Waals surface area (Å²) in [6.07, 6.45) is 8.03. The summed E-state index contributed by atoms with van der Waals surface area (Å²) >= 11 is 0. The summed E-state index contributed by atoms with van der Waals surface area (Å²) in [7, 11) is -0.757. The van der Waals surface area contributed by atoms with E-state index in [4.69, 9.17) is 0 Å². The van der Waals surface area contributed by atoms with Crippen molar-refractivity contribution in [3.63, 3.8) is 0 Å². The van der Waals surface area contributed by atoms with E-state index in [1.165, 1.54) is 0 Å². The van der Waals surface area contributed by atoms with Crippen LogP contribution in [0.1, 0.15) is 41.0 Å². The third-order valence-electron chi connectivity index (χ3n) is 4.50. The van der Waals surface area contributed by atoms with Crippen LogP contribution in [0.2, 0.25) is 18.1 Å². The first-order valence-corrected chi connectivity index (χ1v) is 9.30. The van der Waals surface area contributed by atoms with Gasteiger partial charge in [0.1, 0.15) is 0 Å². The minimum atomic E-state index is -0.757. The Morgan fingerprint density at radius 1 is 1.10 bits per heavy atom. The van der Waals surface area contributed by atoms with Crippen LogP contribution < -0.4 is 24.8 Å². The minimum Gasteiger partial charge on any atom is -1.00 e. The molecule has 0 aromatic carbocycles. The molecule has 5 heteroatoms. The van der Waals surface area contributed by atoms with E-state index in [0.717, 1.165) is 6.42 Å². The van der Waals surface area contributed by atoms with Gasteiger partial charge in [-0.25, -0.2) is 0 Å². The molecule has 0 fully saturated rings. The zero-order valence-corrected chi connectivity index (χ0v) is 20.1. The normalized spacial score (nSPS) is 16.4. The summed E-state index contributed by atoms with van der Waals surface area (Å²) in [4.78, 5) is 0. The molecule has 2 N–H and O–H groups in total. The first-order valence-electron chi connectivity index (χ1n) is 6.41. The van der Waals surface area contributed by atoms with Crippen molar-refractivity contribution in [1.82, 2.24) is 0 Å². The van der Waals surface area contributed by atoms with Crippen molar-refractivity contribution in [2.45, 2.75) is 59.2 Å². The van der Waals surface area contributed by atoms with Gasteiger partial charge in [0.2, 0.25) is 0 Å². The van der Waals surface area contributed by atoms with E-state index >= 15 is 0 Å². The maximum absolute atomic E-state index is 2.48. The molecule has 1 unspecified atom stereocenters. The second-order valence-electron chi connectivity index (χ2n) is 6.56. The summed E-state index contributed by atoms with van der Waals surface area (Å²) in [5.41, 5.74) is 1.96. The van der Waals surface area contributed by atoms with E-state index in [2.05, 4.69) is 65.9 Å². The molecule has 0 radical (unpaired) electrons. The molecule has 1 aliphatic rings. The van der Waals surface area contributed by atoms with Gasteiger partial charge in [-0.15, -0.1) is 5.04 Å². The number of hydrogen-bond acceptors (Lipinski definition) is 0. The number of allylic oxidation sites excluding steroid dienone is 4. The van der Waals surface area contributed by atoms with Gasteiger partial charge >= 0.3 is 25.8 Å². The Labute approximate surface area is 159 Å². The fraction of sp³-hybridized carbons (Fsp3) is 0.667. The molecule has 1 nitrogen and oxygen atoms in total. The van der Waals surface area contributed by atoms with Crippen LogP contribution in [0.3, 0.4) is 0 Å². The number of hydrogen-bond donors (Lipinski definition) is 0. The molecule has 1 rings (SSSR count). The van der Waals surface area contributed by atoms with E-state index in [1.807, 2.05) is 0 Å². The monoisotopic (exact) mass is 501 g/mol. The summed E-state index contributed by atoms with van der Waals surface area (Å²) in [6.45, 7) is 16.8. The van der Waals surface area contributed by atoms with E-state index < -0.39 is 8.80 Å². The fourth-order valence-corrected chi connectivity index (χ4v) is 4.91. The van der Waals surface area contributed by atoms with Crippen LogP contribution in [0.15, 0.2) is 23.8 Å². The van der Waals surface area contributed by atoms with Gasteiger partial charge in [0, 0.05) is 8.80 Å². The van der Waals surface area contributed by atoms with Crippen molar-refractivity contribution in [2.24, 2.45) is 5.41 Å². The number of rotatable bonds is 3. The second-order valence-corrected chi connectivity index (χ2v) is 10.0. The van der Waals surface area contributed by atoms with Gasteiger partial charge in [0.25, 0.3) is 0 Å². The van der Waals surface area contributed by atoms with Crippen molar-refractivity contribution in [2.75, 3.05) is 0 Å². The number of nitrogens with two attached hydrogens (primary N) is 1. The molecule has 0 aromatic heterocycles. The van der Waals surface area contributed by atoms with Crippen LogP contribution in [0.4, 0.5) is 0 Å². The molecule has 1 aliphatic carbocycles. The molecule has 1 atom stereocenters. The molecule has 20 heavy (non-hydrogen) atoms. The van der Waals surface area contributed by atoms with E-state index in [0.29, 0.717) is 10.5 Å². The van der Waals surface area contributed by atoms with E-state index in [9.17, 15) is 0 Å². The van der Waals surface area contributed by atoms with Gasteiger partial charge in [-0.3, -0.25) is 0 Å². The molecule has 0 amide bonds. The van der Waals surface area contributed by atoms with Gasteiger partial charge in [-0.1, -0.05) is 64.6 Å². The molecule has 116 valence electrons. The van der Waals surface area contributed by atoms with Crippen molar-refractivity contribution in [3.05, 3.63) is 35.9 Å². The van der Waals surface area contributed by atoms with Gasteiger partial charge in [-0.05, 0) is 6.42 Å². The Kier molecular flexibility index (Phi) is 15.7. The summed E-state index contributed by atoms with van der Waals surface area (Å²) in [6, 6.07) is 0. The molecular formula is C15H29Cl2HfNSi. The maximum Gasteiger partial charge on any atom is 4.00 e. The molecule has 0 aromatic rings. The molecule has 0 saturated heterocycles. The maximum atomic E-state index is 2.48. The van der Waals surface area contributed by atoms with Crippen LogP contribution in [-0.2, 0) is 25.8 Å². The van der Waals surface area contributed by atoms with Crippen LogP contribution in [0.5, 0.6) is 0 Å². The average Bonchev–Trinajstić information content (AvgIpc) is 2.66. The molecule has 0 heterocycles. The van der Waals surface area contributed by atoms with Crippen molar-refractivity contribution >= 4 is 8.80 Å². The molecular weight excluding hydrogens is 472 g/mol. The minimum absolute atomic E-state index is 0.